The number of nitrogens with one attached hydrogen (secondary N) is 1. The average molecular weight is 404 g/mol. The molecular weight excluding hydrogens is 390 g/mol. The van der Waals surface area contributed by atoms with Crippen molar-refractivity contribution < 1.29 is 22.8 Å². The van der Waals surface area contributed by atoms with Gasteiger partial charge in [-0.1, -0.05) is 29.8 Å². The number of rotatable bonds is 4. The smallest absolute Gasteiger partial charge is 0.408 e. The third-order valence-corrected chi connectivity index (χ3v) is 4.68. The number of hydrogen-bond acceptors (Lipinski definition) is 3. The number of fused-ring (bicyclic) bond motifs is 1. The van der Waals surface area contributed by atoms with Gasteiger partial charge in [-0.25, -0.2) is 0 Å². The molecule has 0 aliphatic carbocycles. The highest BCUT2D eigenvalue weighted by molar-refractivity contribution is 6.30. The topological polar surface area (TPSA) is 38.3 Å². The van der Waals surface area contributed by atoms with Crippen LogP contribution in [0.1, 0.15) is 33.8 Å². The highest BCUT2D eigenvalue weighted by atomic mass is 35.5. The predicted octanol–water partition coefficient (Wildman–Crippen LogP) is 5.22. The summed E-state index contributed by atoms with van der Waals surface area (Å²) < 4.78 is 40.0. The minimum Gasteiger partial charge on any atom is -0.408 e. The summed E-state index contributed by atoms with van der Waals surface area (Å²) in [6, 6.07) is 8.85. The van der Waals surface area contributed by atoms with E-state index in [0.717, 1.165) is 6.07 Å². The number of carbonyl (C=O) groups excluding carboxylic acids is 1. The number of hydrogen-bond donors (Lipinski definition) is 1. The van der Waals surface area contributed by atoms with Crippen molar-refractivity contribution in [3.8, 4) is 5.75 Å². The number of alkyl halides is 4. The fourth-order valence-electron chi connectivity index (χ4n) is 3.06. The van der Waals surface area contributed by atoms with E-state index in [9.17, 15) is 18.0 Å². The number of benzene rings is 2. The molecule has 2 unspecified atom stereocenters. The van der Waals surface area contributed by atoms with E-state index in [1.165, 1.54) is 24.3 Å². The van der Waals surface area contributed by atoms with E-state index in [-0.39, 0.29) is 11.4 Å². The van der Waals surface area contributed by atoms with Gasteiger partial charge in [0.15, 0.2) is 11.5 Å². The van der Waals surface area contributed by atoms with Crippen molar-refractivity contribution in [1.82, 2.24) is 5.48 Å². The fraction of sp³-hybridized carbons (Fsp3) is 0.278. The monoisotopic (exact) mass is 403 g/mol. The molecule has 2 aromatic rings. The maximum Gasteiger partial charge on any atom is 0.417 e. The first-order valence-electron chi connectivity index (χ1n) is 7.81. The molecule has 0 bridgehead atoms. The number of hydroxylamine groups is 1. The predicted molar refractivity (Wildman–Crippen MR) is 92.9 cm³/mol. The molecule has 1 N–H and O–H groups in total. The largest absolute Gasteiger partial charge is 0.417 e. The van der Waals surface area contributed by atoms with Gasteiger partial charge in [-0.15, -0.1) is 11.6 Å². The van der Waals surface area contributed by atoms with E-state index in [2.05, 4.69) is 5.48 Å². The summed E-state index contributed by atoms with van der Waals surface area (Å²) >= 11 is 11.8. The lowest BCUT2D eigenvalue weighted by Gasteiger charge is -2.33. The Morgan fingerprint density at radius 2 is 1.92 bits per heavy atom. The van der Waals surface area contributed by atoms with Crippen LogP contribution < -0.4 is 10.3 Å². The van der Waals surface area contributed by atoms with Crippen LogP contribution in [-0.2, 0) is 6.18 Å². The van der Waals surface area contributed by atoms with E-state index < -0.39 is 29.5 Å². The lowest BCUT2D eigenvalue weighted by atomic mass is 9.81. The Morgan fingerprint density at radius 1 is 1.19 bits per heavy atom. The minimum absolute atomic E-state index is 0.210. The maximum atomic E-state index is 13.3. The second kappa shape index (κ2) is 7.47. The minimum atomic E-state index is -4.63. The molecule has 2 aromatic carbocycles. The molecule has 0 spiro atoms. The lowest BCUT2D eigenvalue weighted by Crippen LogP contribution is -2.45. The summed E-state index contributed by atoms with van der Waals surface area (Å²) in [6.45, 7) is 0. The van der Waals surface area contributed by atoms with Gasteiger partial charge in [0.25, 0.3) is 0 Å². The van der Waals surface area contributed by atoms with Crippen LogP contribution in [0.15, 0.2) is 42.5 Å². The molecule has 0 radical (unpaired) electrons. The molecule has 0 saturated heterocycles. The van der Waals surface area contributed by atoms with Crippen LogP contribution in [0, 0.1) is 0 Å². The maximum absolute atomic E-state index is 13.3. The Morgan fingerprint density at radius 3 is 2.62 bits per heavy atom. The molecule has 138 valence electrons. The fourth-order valence-corrected chi connectivity index (χ4v) is 3.47. The zero-order valence-corrected chi connectivity index (χ0v) is 14.8. The number of carbonyl (C=O) groups is 1. The van der Waals surface area contributed by atoms with Crippen LogP contribution in [0.5, 0.6) is 5.75 Å². The van der Waals surface area contributed by atoms with Gasteiger partial charge < -0.3 is 4.84 Å². The van der Waals surface area contributed by atoms with Gasteiger partial charge in [0.2, 0.25) is 0 Å². The van der Waals surface area contributed by atoms with Crippen molar-refractivity contribution in [2.24, 2.45) is 0 Å². The first-order chi connectivity index (χ1) is 12.3. The average Bonchev–Trinajstić information content (AvgIpc) is 2.60. The molecule has 26 heavy (non-hydrogen) atoms. The molecule has 3 rings (SSSR count). The zero-order chi connectivity index (χ0) is 18.9. The molecular formula is C18H14Cl2F3NO2. The summed E-state index contributed by atoms with van der Waals surface area (Å²) in [5, 5.41) is 0.362. The van der Waals surface area contributed by atoms with E-state index in [4.69, 9.17) is 28.0 Å². The molecule has 0 amide bonds. The summed E-state index contributed by atoms with van der Waals surface area (Å²) in [6.07, 6.45) is -4.30. The first kappa shape index (κ1) is 19.0. The summed E-state index contributed by atoms with van der Waals surface area (Å²) in [4.78, 5) is 18.6. The van der Waals surface area contributed by atoms with Gasteiger partial charge in [0.1, 0.15) is 0 Å². The van der Waals surface area contributed by atoms with Crippen molar-refractivity contribution in [3.05, 3.63) is 64.2 Å². The highest BCUT2D eigenvalue weighted by Gasteiger charge is 2.41. The molecule has 0 aromatic heterocycles. The third-order valence-electron chi connectivity index (χ3n) is 4.23. The number of halogens is 5. The van der Waals surface area contributed by atoms with E-state index in [0.29, 0.717) is 22.8 Å². The van der Waals surface area contributed by atoms with Crippen LogP contribution >= 0.6 is 23.2 Å². The Hall–Kier alpha value is -1.76. The third kappa shape index (κ3) is 3.68. The summed E-state index contributed by atoms with van der Waals surface area (Å²) in [7, 11) is 0. The Bertz CT molecular complexity index is 826. The van der Waals surface area contributed by atoms with Gasteiger partial charge >= 0.3 is 6.18 Å². The molecule has 1 aliphatic rings. The van der Waals surface area contributed by atoms with Gasteiger partial charge in [-0.2, -0.15) is 18.7 Å². The van der Waals surface area contributed by atoms with Crippen molar-refractivity contribution >= 4 is 29.0 Å². The standard InChI is InChI=1S/C18H14Cl2F3NO2/c19-8-7-14-16(12-9-10(20)5-6-15(12)26-24-14)17(25)11-3-1-2-4-13(11)18(21,22)23/h1-6,9,14,16,24H,7-8H2. The van der Waals surface area contributed by atoms with Gasteiger partial charge in [0, 0.05) is 22.0 Å². The van der Waals surface area contributed by atoms with Crippen molar-refractivity contribution in [2.75, 3.05) is 5.88 Å². The second-order valence-electron chi connectivity index (χ2n) is 5.87. The van der Waals surface area contributed by atoms with Crippen LogP contribution in [0.4, 0.5) is 13.2 Å². The summed E-state index contributed by atoms with van der Waals surface area (Å²) in [5.74, 6) is -1.00. The van der Waals surface area contributed by atoms with E-state index >= 15 is 0 Å². The number of Topliss-reactive ketones (excluding diaryl/α,β-unsaturated/α-hetero) is 1. The first-order valence-corrected chi connectivity index (χ1v) is 8.72. The van der Waals surface area contributed by atoms with Crippen molar-refractivity contribution in [2.45, 2.75) is 24.6 Å². The SMILES string of the molecule is O=C(c1ccccc1C(F)(F)F)C1c2cc(Cl)ccc2ONC1CCCl. The second-order valence-corrected chi connectivity index (χ2v) is 6.69. The molecule has 3 nitrogen and oxygen atoms in total. The van der Waals surface area contributed by atoms with Gasteiger partial charge in [-0.05, 0) is 30.7 Å². The molecule has 8 heteroatoms. The Kier molecular flexibility index (Phi) is 5.46. The van der Waals surface area contributed by atoms with Crippen LogP contribution in [0.25, 0.3) is 0 Å². The van der Waals surface area contributed by atoms with Gasteiger partial charge in [0.05, 0.1) is 17.5 Å². The molecule has 1 aliphatic heterocycles. The lowest BCUT2D eigenvalue weighted by molar-refractivity contribution is -0.137. The van der Waals surface area contributed by atoms with Crippen LogP contribution in [-0.4, -0.2) is 17.7 Å². The number of ketones is 1. The van der Waals surface area contributed by atoms with Crippen molar-refractivity contribution in [3.63, 3.8) is 0 Å². The highest BCUT2D eigenvalue weighted by Crippen LogP contribution is 2.40. The molecule has 0 saturated carbocycles. The normalized spacial score (nSPS) is 19.6. The van der Waals surface area contributed by atoms with Crippen LogP contribution in [0.3, 0.4) is 0 Å². The van der Waals surface area contributed by atoms with Gasteiger partial charge in [-0.3, -0.25) is 4.79 Å². The van der Waals surface area contributed by atoms with E-state index in [1.54, 1.807) is 12.1 Å². The van der Waals surface area contributed by atoms with E-state index in [1.807, 2.05) is 0 Å². The molecule has 0 fully saturated rings. The van der Waals surface area contributed by atoms with Crippen LogP contribution in [0.2, 0.25) is 5.02 Å². The Labute approximate surface area is 158 Å². The van der Waals surface area contributed by atoms with Crippen molar-refractivity contribution in [1.29, 1.82) is 0 Å². The Balaban J connectivity index is 2.11. The summed E-state index contributed by atoms with van der Waals surface area (Å²) in [5.41, 5.74) is 1.81. The molecule has 2 atom stereocenters. The zero-order valence-electron chi connectivity index (χ0n) is 13.3. The molecule has 1 heterocycles. The quantitative estimate of drug-likeness (QED) is 0.561.